The standard InChI is InChI=1S/C46H31N5O/c1-50-40-25-23-35(27-41(40)51(2)46(50)52)29-16-20-33(21-17-29)45-48-43(31-8-4-3-5-9-31)47-44(49-45)32-18-14-28(15-19-32)34-22-24-36-37-12-6-10-30-11-7-13-38(42(30)37)39(36)26-34/h3-27H,1-2H3. The average Bonchev–Trinajstić information content (AvgIpc) is 3.65. The molecule has 0 spiro atoms. The quantitative estimate of drug-likeness (QED) is 0.183. The lowest BCUT2D eigenvalue weighted by molar-refractivity contribution is 0.795. The highest BCUT2D eigenvalue weighted by Crippen LogP contribution is 2.48. The number of benzene rings is 7. The third kappa shape index (κ3) is 4.72. The van der Waals surface area contributed by atoms with Crippen LogP contribution in [0.1, 0.15) is 0 Å². The Balaban J connectivity index is 1.00. The van der Waals surface area contributed by atoms with Crippen molar-refractivity contribution < 1.29 is 0 Å². The van der Waals surface area contributed by atoms with E-state index in [4.69, 9.17) is 15.0 Å². The van der Waals surface area contributed by atoms with E-state index in [1.807, 2.05) is 48.5 Å². The van der Waals surface area contributed by atoms with Gasteiger partial charge in [0.1, 0.15) is 0 Å². The average molecular weight is 670 g/mol. The fourth-order valence-electron chi connectivity index (χ4n) is 7.63. The SMILES string of the molecule is Cn1c(=O)n(C)c2cc(-c3ccc(-c4nc(-c5ccccc5)nc(-c5ccc(-c6ccc7c(c6)-c6cccc8cccc-7c68)cc5)n4)cc3)ccc21. The molecule has 7 aromatic carbocycles. The predicted octanol–water partition coefficient (Wildman–Crippen LogP) is 10.2. The molecule has 2 heterocycles. The number of imidazole rings is 1. The molecule has 0 N–H and O–H groups in total. The molecule has 52 heavy (non-hydrogen) atoms. The Morgan fingerprint density at radius 3 is 1.48 bits per heavy atom. The molecule has 6 heteroatoms. The maximum absolute atomic E-state index is 12.5. The second-order valence-corrected chi connectivity index (χ2v) is 13.4. The van der Waals surface area contributed by atoms with E-state index in [1.54, 1.807) is 23.2 Å². The minimum atomic E-state index is -0.0374. The van der Waals surface area contributed by atoms with Gasteiger partial charge in [-0.3, -0.25) is 9.13 Å². The summed E-state index contributed by atoms with van der Waals surface area (Å²) in [6.45, 7) is 0. The topological polar surface area (TPSA) is 65.6 Å². The third-order valence-corrected chi connectivity index (χ3v) is 10.4. The van der Waals surface area contributed by atoms with E-state index < -0.39 is 0 Å². The number of hydrogen-bond donors (Lipinski definition) is 0. The van der Waals surface area contributed by atoms with Gasteiger partial charge < -0.3 is 0 Å². The molecule has 10 rings (SSSR count). The zero-order chi connectivity index (χ0) is 34.9. The maximum atomic E-state index is 12.5. The van der Waals surface area contributed by atoms with E-state index in [2.05, 4.69) is 103 Å². The number of fused-ring (bicyclic) bond motifs is 4. The molecule has 0 aliphatic heterocycles. The lowest BCUT2D eigenvalue weighted by atomic mass is 9.97. The molecule has 0 bridgehead atoms. The van der Waals surface area contributed by atoms with Crippen molar-refractivity contribution in [1.82, 2.24) is 24.1 Å². The molecular formula is C46H31N5O. The van der Waals surface area contributed by atoms with Crippen molar-refractivity contribution >= 4 is 21.8 Å². The normalized spacial score (nSPS) is 11.7. The number of hydrogen-bond acceptors (Lipinski definition) is 4. The molecule has 1 aliphatic carbocycles. The van der Waals surface area contributed by atoms with Crippen LogP contribution >= 0.6 is 0 Å². The smallest absolute Gasteiger partial charge is 0.295 e. The molecule has 0 amide bonds. The van der Waals surface area contributed by atoms with Crippen molar-refractivity contribution in [3.63, 3.8) is 0 Å². The summed E-state index contributed by atoms with van der Waals surface area (Å²) in [6, 6.07) is 52.8. The lowest BCUT2D eigenvalue weighted by Crippen LogP contribution is -2.19. The van der Waals surface area contributed by atoms with Crippen LogP contribution in [0.2, 0.25) is 0 Å². The van der Waals surface area contributed by atoms with Crippen molar-refractivity contribution in [3.05, 3.63) is 162 Å². The van der Waals surface area contributed by atoms with Gasteiger partial charge in [-0.1, -0.05) is 133 Å². The van der Waals surface area contributed by atoms with Crippen LogP contribution < -0.4 is 5.69 Å². The first-order valence-electron chi connectivity index (χ1n) is 17.4. The first-order chi connectivity index (χ1) is 25.5. The summed E-state index contributed by atoms with van der Waals surface area (Å²) in [5, 5.41) is 2.61. The number of nitrogens with zero attached hydrogens (tertiary/aromatic N) is 5. The second-order valence-electron chi connectivity index (χ2n) is 13.4. The van der Waals surface area contributed by atoms with Crippen molar-refractivity contribution in [2.45, 2.75) is 0 Å². The van der Waals surface area contributed by atoms with Crippen molar-refractivity contribution in [2.24, 2.45) is 14.1 Å². The number of aryl methyl sites for hydroxylation is 2. The van der Waals surface area contributed by atoms with Crippen LogP contribution in [-0.2, 0) is 14.1 Å². The van der Waals surface area contributed by atoms with E-state index in [0.29, 0.717) is 17.5 Å². The summed E-state index contributed by atoms with van der Waals surface area (Å²) in [6.07, 6.45) is 0. The summed E-state index contributed by atoms with van der Waals surface area (Å²) in [7, 11) is 3.61. The van der Waals surface area contributed by atoms with Crippen LogP contribution in [-0.4, -0.2) is 24.1 Å². The fourth-order valence-corrected chi connectivity index (χ4v) is 7.63. The fraction of sp³-hybridized carbons (Fsp3) is 0.0435. The van der Waals surface area contributed by atoms with Gasteiger partial charge >= 0.3 is 5.69 Å². The molecular weight excluding hydrogens is 639 g/mol. The van der Waals surface area contributed by atoms with Gasteiger partial charge in [-0.25, -0.2) is 19.7 Å². The van der Waals surface area contributed by atoms with Gasteiger partial charge in [0, 0.05) is 30.8 Å². The van der Waals surface area contributed by atoms with Crippen molar-refractivity contribution in [1.29, 1.82) is 0 Å². The van der Waals surface area contributed by atoms with Gasteiger partial charge in [0.25, 0.3) is 0 Å². The Hall–Kier alpha value is -6.92. The Kier molecular flexibility index (Phi) is 6.66. The van der Waals surface area contributed by atoms with E-state index in [0.717, 1.165) is 44.4 Å². The van der Waals surface area contributed by atoms with Crippen LogP contribution in [0.3, 0.4) is 0 Å². The molecule has 0 fully saturated rings. The van der Waals surface area contributed by atoms with Gasteiger partial charge in [-0.05, 0) is 73.5 Å². The van der Waals surface area contributed by atoms with Crippen molar-refractivity contribution in [2.75, 3.05) is 0 Å². The highest BCUT2D eigenvalue weighted by atomic mass is 16.1. The Labute approximate surface area is 300 Å². The molecule has 9 aromatic rings. The second kappa shape index (κ2) is 11.6. The van der Waals surface area contributed by atoms with Crippen molar-refractivity contribution in [3.8, 4) is 78.7 Å². The first kappa shape index (κ1) is 29.9. The van der Waals surface area contributed by atoms with Crippen LogP contribution in [0.4, 0.5) is 0 Å². The van der Waals surface area contributed by atoms with Crippen LogP contribution in [0.25, 0.3) is 100 Å². The summed E-state index contributed by atoms with van der Waals surface area (Å²) in [5.41, 5.74) is 14.1. The molecule has 246 valence electrons. The van der Waals surface area contributed by atoms with E-state index in [-0.39, 0.29) is 5.69 Å². The summed E-state index contributed by atoms with van der Waals surface area (Å²) >= 11 is 0. The summed E-state index contributed by atoms with van der Waals surface area (Å²) < 4.78 is 3.35. The largest absolute Gasteiger partial charge is 0.328 e. The number of rotatable bonds is 5. The van der Waals surface area contributed by atoms with E-state index in [1.165, 1.54) is 38.6 Å². The van der Waals surface area contributed by atoms with Gasteiger partial charge in [-0.2, -0.15) is 0 Å². The molecule has 1 aliphatic rings. The number of aromatic nitrogens is 5. The molecule has 6 nitrogen and oxygen atoms in total. The zero-order valence-electron chi connectivity index (χ0n) is 28.6. The highest BCUT2D eigenvalue weighted by Gasteiger charge is 2.21. The molecule has 0 atom stereocenters. The van der Waals surface area contributed by atoms with E-state index >= 15 is 0 Å². The molecule has 0 saturated heterocycles. The predicted molar refractivity (Wildman–Crippen MR) is 211 cm³/mol. The molecule has 0 saturated carbocycles. The Morgan fingerprint density at radius 1 is 0.385 bits per heavy atom. The summed E-state index contributed by atoms with van der Waals surface area (Å²) in [5.74, 6) is 1.84. The van der Waals surface area contributed by atoms with Crippen LogP contribution in [0.5, 0.6) is 0 Å². The maximum Gasteiger partial charge on any atom is 0.328 e. The molecule has 0 radical (unpaired) electrons. The van der Waals surface area contributed by atoms with Gasteiger partial charge in [0.05, 0.1) is 11.0 Å². The van der Waals surface area contributed by atoms with Crippen LogP contribution in [0.15, 0.2) is 156 Å². The Morgan fingerprint density at radius 2 is 0.865 bits per heavy atom. The van der Waals surface area contributed by atoms with Gasteiger partial charge in [0.15, 0.2) is 17.5 Å². The molecule has 2 aromatic heterocycles. The van der Waals surface area contributed by atoms with E-state index in [9.17, 15) is 4.79 Å². The Bertz CT molecular complexity index is 2920. The minimum Gasteiger partial charge on any atom is -0.295 e. The first-order valence-corrected chi connectivity index (χ1v) is 17.4. The third-order valence-electron chi connectivity index (χ3n) is 10.4. The zero-order valence-corrected chi connectivity index (χ0v) is 28.6. The highest BCUT2D eigenvalue weighted by molar-refractivity contribution is 6.15. The summed E-state index contributed by atoms with van der Waals surface area (Å²) in [4.78, 5) is 27.4. The minimum absolute atomic E-state index is 0.0374. The van der Waals surface area contributed by atoms with Gasteiger partial charge in [-0.15, -0.1) is 0 Å². The monoisotopic (exact) mass is 669 g/mol. The molecule has 0 unspecified atom stereocenters. The van der Waals surface area contributed by atoms with Crippen LogP contribution in [0, 0.1) is 0 Å². The lowest BCUT2D eigenvalue weighted by Gasteiger charge is -2.10. The van der Waals surface area contributed by atoms with Gasteiger partial charge in [0.2, 0.25) is 0 Å².